The quantitative estimate of drug-likeness (QED) is 0.836. The van der Waals surface area contributed by atoms with Crippen molar-refractivity contribution in [2.24, 2.45) is 5.73 Å². The number of methoxy groups -OCH3 is 2. The monoisotopic (exact) mass is 352 g/mol. The zero-order chi connectivity index (χ0) is 17.9. The molecule has 1 aromatic rings. The van der Waals surface area contributed by atoms with Crippen LogP contribution in [0.4, 0.5) is 4.39 Å². The number of rotatable bonds is 4. The van der Waals surface area contributed by atoms with E-state index in [0.717, 1.165) is 7.11 Å². The third-order valence-electron chi connectivity index (χ3n) is 3.47. The normalized spacial score (nSPS) is 17.4. The van der Waals surface area contributed by atoms with Crippen molar-refractivity contribution in [3.8, 4) is 6.07 Å². The fourth-order valence-corrected chi connectivity index (χ4v) is 2.74. The Hall–Kier alpha value is -2.56. The Bertz CT molecular complexity index is 763. The van der Waals surface area contributed by atoms with Crippen LogP contribution in [0.15, 0.2) is 41.0 Å². The molecule has 1 aromatic carbocycles. The second-order valence-electron chi connectivity index (χ2n) is 4.82. The van der Waals surface area contributed by atoms with Gasteiger partial charge in [0.1, 0.15) is 29.8 Å². The Labute approximate surface area is 142 Å². The van der Waals surface area contributed by atoms with Crippen molar-refractivity contribution >= 4 is 17.6 Å². The molecule has 0 saturated carbocycles. The molecule has 0 spiro atoms. The van der Waals surface area contributed by atoms with Gasteiger partial charge in [-0.15, -0.1) is 0 Å². The molecule has 8 heteroatoms. The fraction of sp³-hybridized carbons (Fsp3) is 0.250. The molecule has 0 bridgehead atoms. The Morgan fingerprint density at radius 3 is 2.75 bits per heavy atom. The summed E-state index contributed by atoms with van der Waals surface area (Å²) in [4.78, 5) is 12.3. The van der Waals surface area contributed by atoms with Crippen LogP contribution in [0.5, 0.6) is 0 Å². The number of carbonyl (C=O) groups is 1. The summed E-state index contributed by atoms with van der Waals surface area (Å²) in [7, 11) is 2.55. The lowest BCUT2D eigenvalue weighted by molar-refractivity contribution is -0.136. The molecule has 0 saturated heterocycles. The third kappa shape index (κ3) is 3.07. The first-order chi connectivity index (χ1) is 11.5. The number of esters is 1. The first-order valence-corrected chi connectivity index (χ1v) is 7.15. The molecule has 2 N–H and O–H groups in total. The van der Waals surface area contributed by atoms with Gasteiger partial charge in [-0.2, -0.15) is 5.26 Å². The van der Waals surface area contributed by atoms with Gasteiger partial charge in [0.15, 0.2) is 0 Å². The number of hydrogen-bond acceptors (Lipinski definition) is 6. The van der Waals surface area contributed by atoms with E-state index in [1.807, 2.05) is 6.07 Å². The summed E-state index contributed by atoms with van der Waals surface area (Å²) in [5, 5.41) is 9.47. The number of nitriles is 1. The summed E-state index contributed by atoms with van der Waals surface area (Å²) in [6, 6.07) is 5.89. The lowest BCUT2D eigenvalue weighted by Gasteiger charge is -2.28. The van der Waals surface area contributed by atoms with Gasteiger partial charge in [-0.3, -0.25) is 0 Å². The number of nitrogens with two attached hydrogens (primary N) is 1. The zero-order valence-electron chi connectivity index (χ0n) is 12.9. The average molecular weight is 353 g/mol. The largest absolute Gasteiger partial charge is 0.466 e. The number of ether oxygens (including phenoxy) is 3. The van der Waals surface area contributed by atoms with Crippen molar-refractivity contribution in [1.82, 2.24) is 0 Å². The van der Waals surface area contributed by atoms with Crippen molar-refractivity contribution in [2.75, 3.05) is 20.8 Å². The number of allylic oxidation sites excluding steroid dienone is 1. The highest BCUT2D eigenvalue weighted by Crippen LogP contribution is 2.43. The Morgan fingerprint density at radius 1 is 1.50 bits per heavy atom. The van der Waals surface area contributed by atoms with Gasteiger partial charge in [0.05, 0.1) is 18.6 Å². The van der Waals surface area contributed by atoms with Gasteiger partial charge in [-0.1, -0.05) is 17.7 Å². The summed E-state index contributed by atoms with van der Waals surface area (Å²) in [5.74, 6) is -2.86. The maximum atomic E-state index is 14.4. The summed E-state index contributed by atoms with van der Waals surface area (Å²) in [6.45, 7) is -0.119. The van der Waals surface area contributed by atoms with Gasteiger partial charge in [-0.25, -0.2) is 9.18 Å². The van der Waals surface area contributed by atoms with Gasteiger partial charge >= 0.3 is 5.97 Å². The fourth-order valence-electron chi connectivity index (χ4n) is 2.47. The van der Waals surface area contributed by atoms with Crippen LogP contribution in [0, 0.1) is 17.1 Å². The molecule has 126 valence electrons. The van der Waals surface area contributed by atoms with Crippen LogP contribution in [0.1, 0.15) is 11.5 Å². The Balaban J connectivity index is 2.79. The van der Waals surface area contributed by atoms with Crippen LogP contribution >= 0.6 is 11.6 Å². The SMILES string of the molecule is COCC1=C(C(=O)OC)C(c2c(F)cccc2Cl)C(C#N)=C(N)O1. The number of nitrogens with zero attached hydrogens (tertiary/aromatic N) is 1. The molecular weight excluding hydrogens is 339 g/mol. The molecule has 1 heterocycles. The first-order valence-electron chi connectivity index (χ1n) is 6.78. The maximum Gasteiger partial charge on any atom is 0.338 e. The van der Waals surface area contributed by atoms with Crippen LogP contribution in [0.2, 0.25) is 5.02 Å². The topological polar surface area (TPSA) is 94.6 Å². The molecule has 1 aliphatic rings. The maximum absolute atomic E-state index is 14.4. The minimum Gasteiger partial charge on any atom is -0.466 e. The molecule has 24 heavy (non-hydrogen) atoms. The second kappa shape index (κ2) is 7.34. The summed E-state index contributed by atoms with van der Waals surface area (Å²) >= 11 is 6.11. The molecule has 0 aromatic heterocycles. The molecule has 1 unspecified atom stereocenters. The van der Waals surface area contributed by atoms with E-state index in [1.165, 1.54) is 25.3 Å². The van der Waals surface area contributed by atoms with Crippen LogP contribution < -0.4 is 5.73 Å². The predicted octanol–water partition coefficient (Wildman–Crippen LogP) is 2.36. The minimum atomic E-state index is -1.16. The molecule has 0 aliphatic carbocycles. The number of hydrogen-bond donors (Lipinski definition) is 1. The Morgan fingerprint density at radius 2 is 2.21 bits per heavy atom. The summed E-state index contributed by atoms with van der Waals surface area (Å²) < 4.78 is 29.5. The van der Waals surface area contributed by atoms with Crippen LogP contribution in [-0.4, -0.2) is 26.8 Å². The number of benzene rings is 1. The first kappa shape index (κ1) is 17.8. The van der Waals surface area contributed by atoms with E-state index in [9.17, 15) is 14.4 Å². The smallest absolute Gasteiger partial charge is 0.338 e. The number of halogens is 2. The van der Waals surface area contributed by atoms with Gasteiger partial charge < -0.3 is 19.9 Å². The molecule has 6 nitrogen and oxygen atoms in total. The third-order valence-corrected chi connectivity index (χ3v) is 3.80. The van der Waals surface area contributed by atoms with Crippen molar-refractivity contribution in [2.45, 2.75) is 5.92 Å². The highest BCUT2D eigenvalue weighted by molar-refractivity contribution is 6.31. The van der Waals surface area contributed by atoms with E-state index >= 15 is 0 Å². The number of carbonyl (C=O) groups excluding carboxylic acids is 1. The van der Waals surface area contributed by atoms with E-state index in [4.69, 9.17) is 31.5 Å². The van der Waals surface area contributed by atoms with E-state index in [2.05, 4.69) is 0 Å². The van der Waals surface area contributed by atoms with Crippen molar-refractivity contribution in [3.63, 3.8) is 0 Å². The van der Waals surface area contributed by atoms with Crippen molar-refractivity contribution in [3.05, 3.63) is 57.4 Å². The standard InChI is InChI=1S/C16H14ClFN2O4/c1-22-7-11-14(16(21)23-2)12(8(6-19)15(20)24-11)13-9(17)4-3-5-10(13)18/h3-5,12H,7,20H2,1-2H3. The van der Waals surface area contributed by atoms with E-state index < -0.39 is 17.7 Å². The van der Waals surface area contributed by atoms with E-state index in [-0.39, 0.29) is 40.0 Å². The lowest BCUT2D eigenvalue weighted by atomic mass is 9.82. The summed E-state index contributed by atoms with van der Waals surface area (Å²) in [6.07, 6.45) is 0. The Kier molecular flexibility index (Phi) is 5.44. The molecular formula is C16H14ClFN2O4. The van der Waals surface area contributed by atoms with E-state index in [0.29, 0.717) is 0 Å². The molecule has 0 radical (unpaired) electrons. The van der Waals surface area contributed by atoms with Gasteiger partial charge in [0, 0.05) is 17.7 Å². The zero-order valence-corrected chi connectivity index (χ0v) is 13.7. The molecule has 2 rings (SSSR count). The van der Waals surface area contributed by atoms with Gasteiger partial charge in [-0.05, 0) is 12.1 Å². The highest BCUT2D eigenvalue weighted by Gasteiger charge is 2.39. The second-order valence-corrected chi connectivity index (χ2v) is 5.23. The molecule has 0 amide bonds. The van der Waals surface area contributed by atoms with Gasteiger partial charge in [0.25, 0.3) is 0 Å². The molecule has 0 fully saturated rings. The van der Waals surface area contributed by atoms with E-state index in [1.54, 1.807) is 0 Å². The van der Waals surface area contributed by atoms with Crippen LogP contribution in [0.3, 0.4) is 0 Å². The lowest BCUT2D eigenvalue weighted by Crippen LogP contribution is -2.28. The van der Waals surface area contributed by atoms with Crippen LogP contribution in [-0.2, 0) is 19.0 Å². The molecule has 1 atom stereocenters. The summed E-state index contributed by atoms with van der Waals surface area (Å²) in [5.41, 5.74) is 5.49. The minimum absolute atomic E-state index is 0.0326. The predicted molar refractivity (Wildman–Crippen MR) is 83.0 cm³/mol. The highest BCUT2D eigenvalue weighted by atomic mass is 35.5. The van der Waals surface area contributed by atoms with Crippen LogP contribution in [0.25, 0.3) is 0 Å². The van der Waals surface area contributed by atoms with Crippen molar-refractivity contribution in [1.29, 1.82) is 5.26 Å². The average Bonchev–Trinajstić information content (AvgIpc) is 2.54. The van der Waals surface area contributed by atoms with Gasteiger partial charge in [0.2, 0.25) is 5.88 Å². The molecule has 1 aliphatic heterocycles. The van der Waals surface area contributed by atoms with Crippen molar-refractivity contribution < 1.29 is 23.4 Å².